The molecule has 0 heterocycles. The summed E-state index contributed by atoms with van der Waals surface area (Å²) in [5, 5.41) is 8.67. The fourth-order valence-electron chi connectivity index (χ4n) is 1.67. The van der Waals surface area contributed by atoms with E-state index in [4.69, 9.17) is 5.11 Å². The van der Waals surface area contributed by atoms with Crippen molar-refractivity contribution in [1.29, 1.82) is 0 Å². The number of hydrogen-bond donors (Lipinski definition) is 1. The minimum Gasteiger partial charge on any atom is -0.461 e. The van der Waals surface area contributed by atoms with Crippen molar-refractivity contribution in [3.05, 3.63) is 0 Å². The number of aliphatic hydroxyl groups is 1. The van der Waals surface area contributed by atoms with Gasteiger partial charge in [-0.3, -0.25) is 0 Å². The van der Waals surface area contributed by atoms with Gasteiger partial charge in [-0.1, -0.05) is 39.0 Å². The molecule has 2 atom stereocenters. The van der Waals surface area contributed by atoms with E-state index < -0.39 is 24.4 Å². The molecule has 1 unspecified atom stereocenters. The molecule has 0 saturated heterocycles. The summed E-state index contributed by atoms with van der Waals surface area (Å²) in [6.07, 6.45) is -1.73. The maximum Gasteiger partial charge on any atom is 0.425 e. The first-order chi connectivity index (χ1) is 8.79. The lowest BCUT2D eigenvalue weighted by molar-refractivity contribution is -0.220. The van der Waals surface area contributed by atoms with Gasteiger partial charge in [-0.15, -0.1) is 0 Å². The van der Waals surface area contributed by atoms with Gasteiger partial charge in [-0.05, 0) is 19.8 Å². The Morgan fingerprint density at radius 3 is 2.21 bits per heavy atom. The summed E-state index contributed by atoms with van der Waals surface area (Å²) >= 11 is 0. The van der Waals surface area contributed by atoms with E-state index >= 15 is 0 Å². The second-order valence-corrected chi connectivity index (χ2v) is 4.75. The molecular weight excluding hydrogens is 261 g/mol. The van der Waals surface area contributed by atoms with Gasteiger partial charge in [0.25, 0.3) is 0 Å². The van der Waals surface area contributed by atoms with E-state index in [9.17, 15) is 18.0 Å². The van der Waals surface area contributed by atoms with Crippen LogP contribution in [-0.2, 0) is 9.53 Å². The topological polar surface area (TPSA) is 46.5 Å². The molecule has 0 rings (SSSR count). The van der Waals surface area contributed by atoms with Crippen molar-refractivity contribution >= 4 is 5.97 Å². The highest BCUT2D eigenvalue weighted by Gasteiger charge is 2.45. The third-order valence-corrected chi connectivity index (χ3v) is 2.81. The Hall–Kier alpha value is -0.780. The molecule has 0 aromatic carbocycles. The van der Waals surface area contributed by atoms with Crippen LogP contribution < -0.4 is 0 Å². The standard InChI is InChI=1S/C13H23F3O3/c1-3-4-5-6-7-8-9-10(2)19-12(18)11(17)13(14,15)16/h10-11,17H,3-9H2,1-2H3/t10?,11-/m0/s1. The number of halogens is 3. The number of rotatable bonds is 9. The summed E-state index contributed by atoms with van der Waals surface area (Å²) in [5.74, 6) is -1.62. The molecular formula is C13H23F3O3. The monoisotopic (exact) mass is 284 g/mol. The maximum atomic E-state index is 12.0. The number of carbonyl (C=O) groups excluding carboxylic acids is 1. The van der Waals surface area contributed by atoms with E-state index in [1.54, 1.807) is 0 Å². The first-order valence-corrected chi connectivity index (χ1v) is 6.74. The van der Waals surface area contributed by atoms with Crippen LogP contribution in [0.25, 0.3) is 0 Å². The Morgan fingerprint density at radius 2 is 1.68 bits per heavy atom. The molecule has 3 nitrogen and oxygen atoms in total. The molecule has 19 heavy (non-hydrogen) atoms. The van der Waals surface area contributed by atoms with Crippen molar-refractivity contribution in [2.45, 2.75) is 77.2 Å². The highest BCUT2D eigenvalue weighted by atomic mass is 19.4. The number of esters is 1. The zero-order valence-corrected chi connectivity index (χ0v) is 11.5. The molecule has 0 aliphatic heterocycles. The van der Waals surface area contributed by atoms with Crippen LogP contribution in [0.2, 0.25) is 0 Å². The minimum atomic E-state index is -4.96. The lowest BCUT2D eigenvalue weighted by Crippen LogP contribution is -2.39. The van der Waals surface area contributed by atoms with E-state index in [1.165, 1.54) is 13.3 Å². The molecule has 0 aromatic rings. The zero-order valence-electron chi connectivity index (χ0n) is 11.5. The van der Waals surface area contributed by atoms with E-state index in [0.717, 1.165) is 32.1 Å². The van der Waals surface area contributed by atoms with Crippen molar-refractivity contribution in [1.82, 2.24) is 0 Å². The molecule has 0 bridgehead atoms. The van der Waals surface area contributed by atoms with Crippen LogP contribution in [0.15, 0.2) is 0 Å². The predicted octanol–water partition coefficient (Wildman–Crippen LogP) is 3.59. The van der Waals surface area contributed by atoms with Crippen molar-refractivity contribution in [2.75, 3.05) is 0 Å². The fraction of sp³-hybridized carbons (Fsp3) is 0.923. The maximum absolute atomic E-state index is 12.0. The third-order valence-electron chi connectivity index (χ3n) is 2.81. The Bertz CT molecular complexity index is 254. The predicted molar refractivity (Wildman–Crippen MR) is 65.6 cm³/mol. The van der Waals surface area contributed by atoms with Crippen molar-refractivity contribution < 1.29 is 27.8 Å². The SMILES string of the molecule is CCCCCCCCC(C)OC(=O)[C@H](O)C(F)(F)F. The number of alkyl halides is 3. The highest BCUT2D eigenvalue weighted by molar-refractivity contribution is 5.75. The second-order valence-electron chi connectivity index (χ2n) is 4.75. The lowest BCUT2D eigenvalue weighted by Gasteiger charge is -2.17. The first-order valence-electron chi connectivity index (χ1n) is 6.74. The van der Waals surface area contributed by atoms with Gasteiger partial charge < -0.3 is 9.84 Å². The normalized spacial score (nSPS) is 15.1. The number of hydrogen-bond acceptors (Lipinski definition) is 3. The van der Waals surface area contributed by atoms with Gasteiger partial charge in [0.1, 0.15) is 0 Å². The molecule has 114 valence electrons. The minimum absolute atomic E-state index is 0.516. The Kier molecular flexibility index (Phi) is 8.80. The molecule has 0 radical (unpaired) electrons. The van der Waals surface area contributed by atoms with Crippen LogP contribution in [0.5, 0.6) is 0 Å². The van der Waals surface area contributed by atoms with Gasteiger partial charge >= 0.3 is 12.1 Å². The van der Waals surface area contributed by atoms with Crippen molar-refractivity contribution in [3.63, 3.8) is 0 Å². The molecule has 0 amide bonds. The van der Waals surface area contributed by atoms with E-state index in [-0.39, 0.29) is 0 Å². The van der Waals surface area contributed by atoms with Gasteiger partial charge in [0.15, 0.2) is 0 Å². The average molecular weight is 284 g/mol. The first kappa shape index (κ1) is 18.2. The molecule has 6 heteroatoms. The number of unbranched alkanes of at least 4 members (excludes halogenated alkanes) is 5. The van der Waals surface area contributed by atoms with Gasteiger partial charge in [-0.25, -0.2) is 4.79 Å². The largest absolute Gasteiger partial charge is 0.461 e. The quantitative estimate of drug-likeness (QED) is 0.520. The average Bonchev–Trinajstić information content (AvgIpc) is 2.31. The van der Waals surface area contributed by atoms with Crippen LogP contribution in [0.4, 0.5) is 13.2 Å². The van der Waals surface area contributed by atoms with Crippen LogP contribution in [-0.4, -0.2) is 29.5 Å². The van der Waals surface area contributed by atoms with Crippen LogP contribution >= 0.6 is 0 Å². The summed E-state index contributed by atoms with van der Waals surface area (Å²) in [6, 6.07) is 0. The second kappa shape index (κ2) is 9.18. The van der Waals surface area contributed by atoms with Crippen LogP contribution in [0.1, 0.15) is 58.8 Å². The molecule has 0 aromatic heterocycles. The molecule has 0 spiro atoms. The van der Waals surface area contributed by atoms with Gasteiger partial charge in [0.2, 0.25) is 6.10 Å². The van der Waals surface area contributed by atoms with E-state index in [0.29, 0.717) is 6.42 Å². The number of aliphatic hydroxyl groups excluding tert-OH is 1. The van der Waals surface area contributed by atoms with Gasteiger partial charge in [0, 0.05) is 0 Å². The Morgan fingerprint density at radius 1 is 1.16 bits per heavy atom. The van der Waals surface area contributed by atoms with Crippen molar-refractivity contribution in [3.8, 4) is 0 Å². The zero-order chi connectivity index (χ0) is 14.9. The third kappa shape index (κ3) is 8.86. The fourth-order valence-corrected chi connectivity index (χ4v) is 1.67. The summed E-state index contributed by atoms with van der Waals surface area (Å²) in [6.45, 7) is 3.65. The van der Waals surface area contributed by atoms with E-state index in [1.807, 2.05) is 0 Å². The molecule has 0 fully saturated rings. The van der Waals surface area contributed by atoms with Crippen LogP contribution in [0.3, 0.4) is 0 Å². The summed E-state index contributed by atoms with van der Waals surface area (Å²) in [5.41, 5.74) is 0. The lowest BCUT2D eigenvalue weighted by atomic mass is 10.1. The van der Waals surface area contributed by atoms with Gasteiger partial charge in [0.05, 0.1) is 6.10 Å². The number of ether oxygens (including phenoxy) is 1. The van der Waals surface area contributed by atoms with Crippen LogP contribution in [0, 0.1) is 0 Å². The summed E-state index contributed by atoms with van der Waals surface area (Å²) < 4.78 is 40.6. The molecule has 0 saturated carbocycles. The Balaban J connectivity index is 3.74. The highest BCUT2D eigenvalue weighted by Crippen LogP contribution is 2.21. The van der Waals surface area contributed by atoms with E-state index in [2.05, 4.69) is 11.7 Å². The summed E-state index contributed by atoms with van der Waals surface area (Å²) in [4.78, 5) is 11.0. The molecule has 0 aliphatic carbocycles. The number of carbonyl (C=O) groups is 1. The van der Waals surface area contributed by atoms with Gasteiger partial charge in [-0.2, -0.15) is 13.2 Å². The van der Waals surface area contributed by atoms with Crippen molar-refractivity contribution in [2.24, 2.45) is 0 Å². The molecule has 0 aliphatic rings. The smallest absolute Gasteiger partial charge is 0.425 e. The summed E-state index contributed by atoms with van der Waals surface area (Å²) in [7, 11) is 0. The molecule has 1 N–H and O–H groups in total. The Labute approximate surface area is 112 Å².